The second kappa shape index (κ2) is 26.3. The molecule has 0 N–H and O–H groups in total. The van der Waals surface area contributed by atoms with Crippen LogP contribution in [0.3, 0.4) is 0 Å². The van der Waals surface area contributed by atoms with Crippen LogP contribution < -0.4 is 19.6 Å². The fourth-order valence-electron chi connectivity index (χ4n) is 20.4. The number of benzene rings is 4. The van der Waals surface area contributed by atoms with E-state index in [-0.39, 0.29) is 5.82 Å². The second-order valence-corrected chi connectivity index (χ2v) is 30.4. The van der Waals surface area contributed by atoms with Gasteiger partial charge in [0.25, 0.3) is 0 Å². The molecule has 10 bridgehead atoms. The number of fused-ring (bicyclic) bond motifs is 6. The molecule has 0 aromatic heterocycles. The number of aryl methyl sites for hydroxylation is 2. The van der Waals surface area contributed by atoms with Gasteiger partial charge in [-0.15, -0.1) is 0 Å². The zero-order valence-corrected chi connectivity index (χ0v) is 53.2. The Morgan fingerprint density at radius 2 is 0.941 bits per heavy atom. The molecular formula is C74H101Cl2FN8. The first-order valence-electron chi connectivity index (χ1n) is 34.5. The van der Waals surface area contributed by atoms with E-state index in [9.17, 15) is 4.39 Å². The van der Waals surface area contributed by atoms with Gasteiger partial charge in [0.2, 0.25) is 0 Å². The largest absolute Gasteiger partial charge is 0.369 e. The quantitative estimate of drug-likeness (QED) is 0.153. The maximum Gasteiger partial charge on any atom is 0.146 e. The monoisotopic (exact) mass is 1190 g/mol. The van der Waals surface area contributed by atoms with E-state index in [1.165, 1.54) is 151 Å². The summed E-state index contributed by atoms with van der Waals surface area (Å²) in [6, 6.07) is 33.3. The highest BCUT2D eigenvalue weighted by Gasteiger charge is 2.51. The van der Waals surface area contributed by atoms with Gasteiger partial charge in [0.15, 0.2) is 0 Å². The molecule has 4 aromatic carbocycles. The third kappa shape index (κ3) is 13.4. The van der Waals surface area contributed by atoms with Crippen LogP contribution in [0.5, 0.6) is 0 Å². The minimum atomic E-state index is -0.0825. The topological polar surface area (TPSA) is 25.9 Å². The van der Waals surface area contributed by atoms with Crippen molar-refractivity contribution in [3.8, 4) is 0 Å². The van der Waals surface area contributed by atoms with E-state index in [2.05, 4.69) is 114 Å². The van der Waals surface area contributed by atoms with Gasteiger partial charge in [0, 0.05) is 156 Å². The number of allylic oxidation sites excluding steroid dienone is 2. The van der Waals surface area contributed by atoms with Crippen molar-refractivity contribution in [3.63, 3.8) is 0 Å². The van der Waals surface area contributed by atoms with Crippen LogP contribution in [-0.2, 0) is 0 Å². The lowest BCUT2D eigenvalue weighted by Gasteiger charge is -2.58. The summed E-state index contributed by atoms with van der Waals surface area (Å²) in [5.74, 6) is 10.9. The van der Waals surface area contributed by atoms with Crippen molar-refractivity contribution in [1.82, 2.24) is 19.6 Å². The molecule has 4 saturated heterocycles. The zero-order valence-electron chi connectivity index (χ0n) is 51.7. The van der Waals surface area contributed by atoms with Gasteiger partial charge in [-0.3, -0.25) is 19.6 Å². The maximum absolute atomic E-state index is 13.8. The second-order valence-electron chi connectivity index (χ2n) is 29.5. The maximum atomic E-state index is 13.8. The molecule has 18 rings (SSSR count). The van der Waals surface area contributed by atoms with Gasteiger partial charge in [-0.05, 0) is 228 Å². The van der Waals surface area contributed by atoms with Gasteiger partial charge in [-0.2, -0.15) is 0 Å². The Balaban J connectivity index is 0.000000101. The summed E-state index contributed by atoms with van der Waals surface area (Å²) < 4.78 is 13.8. The van der Waals surface area contributed by atoms with E-state index < -0.39 is 0 Å². The zero-order chi connectivity index (χ0) is 57.5. The predicted molar refractivity (Wildman–Crippen MR) is 353 cm³/mol. The Bertz CT molecular complexity index is 2860. The van der Waals surface area contributed by atoms with E-state index in [1.54, 1.807) is 44.2 Å². The molecule has 458 valence electrons. The highest BCUT2D eigenvalue weighted by atomic mass is 35.5. The molecule has 0 radical (unpaired) electrons. The molecule has 13 fully saturated rings. The summed E-state index contributed by atoms with van der Waals surface area (Å²) in [5.41, 5.74) is 7.62. The molecule has 0 spiro atoms. The first-order chi connectivity index (χ1) is 41.5. The average molecular weight is 1190 g/mol. The number of anilines is 4. The molecule has 14 aliphatic rings. The minimum absolute atomic E-state index is 0.0825. The number of halogens is 3. The lowest BCUT2D eigenvalue weighted by molar-refractivity contribution is -0.0665. The summed E-state index contributed by atoms with van der Waals surface area (Å²) in [4.78, 5) is 20.8. The first-order valence-corrected chi connectivity index (χ1v) is 35.3. The Kier molecular flexibility index (Phi) is 18.2. The predicted octanol–water partition coefficient (Wildman–Crippen LogP) is 14.7. The third-order valence-electron chi connectivity index (χ3n) is 24.4. The molecule has 9 atom stereocenters. The fourth-order valence-corrected chi connectivity index (χ4v) is 20.8. The van der Waals surface area contributed by atoms with Crippen LogP contribution in [0.15, 0.2) is 103 Å². The van der Waals surface area contributed by atoms with Crippen molar-refractivity contribution in [1.29, 1.82) is 0 Å². The molecule has 8 nitrogen and oxygen atoms in total. The number of rotatable bonds is 9. The van der Waals surface area contributed by atoms with E-state index in [1.807, 2.05) is 30.3 Å². The van der Waals surface area contributed by atoms with Crippen molar-refractivity contribution in [2.75, 3.05) is 131 Å². The van der Waals surface area contributed by atoms with Crippen LogP contribution in [0, 0.1) is 84.8 Å². The summed E-state index contributed by atoms with van der Waals surface area (Å²) in [5, 5.41) is 1.68. The number of piperazine rings is 4. The van der Waals surface area contributed by atoms with Crippen LogP contribution in [-0.4, -0.2) is 149 Å². The van der Waals surface area contributed by atoms with Gasteiger partial charge in [0.1, 0.15) is 5.82 Å². The normalized spacial score (nSPS) is 34.8. The summed E-state index contributed by atoms with van der Waals surface area (Å²) in [7, 11) is 0. The van der Waals surface area contributed by atoms with Gasteiger partial charge in [0.05, 0.1) is 5.69 Å². The lowest BCUT2D eigenvalue weighted by atomic mass is 9.54. The molecule has 4 heterocycles. The number of hydrogen-bond donors (Lipinski definition) is 0. The first kappa shape index (κ1) is 58.8. The summed E-state index contributed by atoms with van der Waals surface area (Å²) in [6.07, 6.45) is 27.3. The van der Waals surface area contributed by atoms with Crippen LogP contribution in [0.1, 0.15) is 107 Å². The number of para-hydroxylation sites is 1. The molecule has 11 heteroatoms. The van der Waals surface area contributed by atoms with Crippen LogP contribution >= 0.6 is 23.2 Å². The smallest absolute Gasteiger partial charge is 0.146 e. The molecular weight excluding hydrogens is 1090 g/mol. The van der Waals surface area contributed by atoms with Crippen molar-refractivity contribution < 1.29 is 4.39 Å². The Labute approximate surface area is 521 Å². The Morgan fingerprint density at radius 3 is 1.44 bits per heavy atom. The molecule has 0 amide bonds. The molecule has 4 aliphatic heterocycles. The van der Waals surface area contributed by atoms with Gasteiger partial charge in [-0.25, -0.2) is 4.39 Å². The Hall–Kier alpha value is -3.83. The fraction of sp³-hybridized carbons (Fsp3) is 0.649. The van der Waals surface area contributed by atoms with E-state index in [0.717, 1.165) is 151 Å². The molecule has 85 heavy (non-hydrogen) atoms. The SMILES string of the molecule is Cc1ccc(C)c(N2CCN(C3C4CC5CC(C4)CC3C5)CC2)c1.Clc1cccc(N2CCN(C3CC4CCC3C4)CC2)c1.Clc1cccc(N2CCN(CC3CC4C=CC3C4)CC2)c1.Fc1ccccc1N1CCN(C2CC3CCC2C3)CC1. The third-order valence-corrected chi connectivity index (χ3v) is 24.9. The van der Waals surface area contributed by atoms with Gasteiger partial charge in [-0.1, -0.05) is 84.6 Å². The molecule has 4 aromatic rings. The van der Waals surface area contributed by atoms with Crippen LogP contribution in [0.4, 0.5) is 27.1 Å². The van der Waals surface area contributed by atoms with Crippen molar-refractivity contribution in [2.45, 2.75) is 128 Å². The number of nitrogens with zero attached hydrogens (tertiary/aromatic N) is 8. The van der Waals surface area contributed by atoms with E-state index in [0.29, 0.717) is 0 Å². The number of hydrogen-bond acceptors (Lipinski definition) is 8. The summed E-state index contributed by atoms with van der Waals surface area (Å²) >= 11 is 12.2. The lowest BCUT2D eigenvalue weighted by Crippen LogP contribution is -2.60. The van der Waals surface area contributed by atoms with Gasteiger partial charge < -0.3 is 19.6 Å². The van der Waals surface area contributed by atoms with Crippen LogP contribution in [0.25, 0.3) is 0 Å². The molecule has 10 aliphatic carbocycles. The highest BCUT2D eigenvalue weighted by Crippen LogP contribution is 2.55. The Morgan fingerprint density at radius 1 is 0.424 bits per heavy atom. The van der Waals surface area contributed by atoms with Crippen molar-refractivity contribution in [3.05, 3.63) is 130 Å². The highest BCUT2D eigenvalue weighted by molar-refractivity contribution is 6.31. The minimum Gasteiger partial charge on any atom is -0.369 e. The van der Waals surface area contributed by atoms with Crippen molar-refractivity contribution in [2.24, 2.45) is 65.1 Å². The van der Waals surface area contributed by atoms with E-state index >= 15 is 0 Å². The molecule has 9 unspecified atom stereocenters. The van der Waals surface area contributed by atoms with Gasteiger partial charge >= 0.3 is 0 Å². The van der Waals surface area contributed by atoms with Crippen molar-refractivity contribution >= 4 is 46.0 Å². The standard InChI is InChI=1S/C22H32N2.C18H23ClN2.C17H23ClN2.C17H23FN2/c1-15-3-4-16(2)21(9-15)23-5-7-24(8-6-23)22-19-11-17-10-18(13-19)14-20(22)12-17;19-17-2-1-3-18(12-17)21-8-6-20(7-9-21)13-16-11-14-4-5-15(16)10-14;18-15-2-1-3-16(12-15)19-6-8-20(9-7-19)17-11-13-4-5-14(17)10-13;18-15-3-1-2-4-16(15)19-7-9-20(10-8-19)17-12-13-5-6-14(17)11-13/h3-4,9,17-20,22H,5-8,10-14H2,1-2H3;1-5,12,14-16H,6-11,13H2;1-3,12-14,17H,4-11H2;1-4,13-14,17H,5-12H2. The molecule has 9 saturated carbocycles. The van der Waals surface area contributed by atoms with E-state index in [4.69, 9.17) is 23.2 Å². The van der Waals surface area contributed by atoms with Crippen LogP contribution in [0.2, 0.25) is 10.0 Å². The summed E-state index contributed by atoms with van der Waals surface area (Å²) in [6.45, 7) is 24.3. The average Bonchev–Trinajstić information content (AvgIpc) is 2.81.